The Balaban J connectivity index is 1.58. The van der Waals surface area contributed by atoms with E-state index in [0.29, 0.717) is 17.7 Å². The number of nitrogens with zero attached hydrogens (tertiary/aromatic N) is 2. The van der Waals surface area contributed by atoms with Crippen LogP contribution < -0.4 is 4.74 Å². The van der Waals surface area contributed by atoms with Gasteiger partial charge in [-0.05, 0) is 48.4 Å². The summed E-state index contributed by atoms with van der Waals surface area (Å²) < 4.78 is 10.5. The molecule has 190 valence electrons. The van der Waals surface area contributed by atoms with Gasteiger partial charge in [-0.15, -0.1) is 0 Å². The molecule has 3 aromatic carbocycles. The van der Waals surface area contributed by atoms with Crippen molar-refractivity contribution in [3.05, 3.63) is 118 Å². The summed E-state index contributed by atoms with van der Waals surface area (Å²) in [5.74, 6) is -0.171. The fourth-order valence-electron chi connectivity index (χ4n) is 4.70. The van der Waals surface area contributed by atoms with Crippen molar-refractivity contribution in [2.45, 2.75) is 12.3 Å². The van der Waals surface area contributed by atoms with Gasteiger partial charge in [0.05, 0.1) is 35.9 Å². The summed E-state index contributed by atoms with van der Waals surface area (Å²) in [6.07, 6.45) is 6.42. The smallest absolute Gasteiger partial charge is 0.337 e. The molecule has 0 aliphatic rings. The van der Waals surface area contributed by atoms with Gasteiger partial charge in [0.25, 0.3) is 5.69 Å². The van der Waals surface area contributed by atoms with E-state index in [1.807, 2.05) is 60.8 Å². The average Bonchev–Trinajstić information content (AvgIpc) is 3.37. The number of nitro groups is 1. The molecule has 2 heterocycles. The number of ether oxygens (including phenoxy) is 2. The number of hydrogen-bond donors (Lipinski definition) is 1. The van der Waals surface area contributed by atoms with Crippen molar-refractivity contribution in [1.29, 1.82) is 0 Å². The topological polar surface area (TPSA) is 107 Å². The van der Waals surface area contributed by atoms with E-state index in [1.54, 1.807) is 31.4 Å². The van der Waals surface area contributed by atoms with Crippen LogP contribution in [0, 0.1) is 10.1 Å². The van der Waals surface area contributed by atoms with Crippen LogP contribution in [0.15, 0.2) is 85.1 Å². The van der Waals surface area contributed by atoms with Crippen molar-refractivity contribution in [2.75, 3.05) is 14.2 Å². The highest BCUT2D eigenvalue weighted by molar-refractivity contribution is 5.90. The zero-order valence-corrected chi connectivity index (χ0v) is 20.9. The number of H-pyrrole nitrogens is 1. The molecule has 0 aliphatic carbocycles. The maximum atomic E-state index is 12.1. The molecule has 0 spiro atoms. The first kappa shape index (κ1) is 24.7. The van der Waals surface area contributed by atoms with Crippen LogP contribution in [-0.2, 0) is 4.74 Å². The molecule has 0 aliphatic heterocycles. The molecular formula is C30H25N3O5. The molecule has 5 aromatic rings. The van der Waals surface area contributed by atoms with Crippen LogP contribution in [0.3, 0.4) is 0 Å². The predicted octanol–water partition coefficient (Wildman–Crippen LogP) is 6.65. The van der Waals surface area contributed by atoms with E-state index in [0.717, 1.165) is 38.6 Å². The summed E-state index contributed by atoms with van der Waals surface area (Å²) in [6, 6.07) is 21.9. The van der Waals surface area contributed by atoms with Gasteiger partial charge in [0, 0.05) is 46.1 Å². The Morgan fingerprint density at radius 3 is 2.68 bits per heavy atom. The van der Waals surface area contributed by atoms with Gasteiger partial charge in [-0.25, -0.2) is 9.78 Å². The molecular weight excluding hydrogens is 482 g/mol. The van der Waals surface area contributed by atoms with Gasteiger partial charge in [-0.3, -0.25) is 10.1 Å². The molecule has 8 nitrogen and oxygen atoms in total. The number of methoxy groups -OCH3 is 2. The number of hydrogen-bond acceptors (Lipinski definition) is 6. The van der Waals surface area contributed by atoms with Gasteiger partial charge < -0.3 is 14.5 Å². The lowest BCUT2D eigenvalue weighted by atomic mass is 9.86. The first-order valence-electron chi connectivity index (χ1n) is 12.0. The maximum absolute atomic E-state index is 12.1. The summed E-state index contributed by atoms with van der Waals surface area (Å²) in [5.41, 5.74) is 4.63. The van der Waals surface area contributed by atoms with Crippen molar-refractivity contribution in [3.63, 3.8) is 0 Å². The van der Waals surface area contributed by atoms with Crippen LogP contribution in [0.5, 0.6) is 5.75 Å². The number of benzene rings is 3. The quantitative estimate of drug-likeness (QED) is 0.143. The number of non-ortho nitro benzene ring substituents is 1. The third-order valence-electron chi connectivity index (χ3n) is 6.59. The summed E-state index contributed by atoms with van der Waals surface area (Å²) >= 11 is 0. The van der Waals surface area contributed by atoms with Gasteiger partial charge in [0.15, 0.2) is 0 Å². The van der Waals surface area contributed by atoms with Crippen LogP contribution in [-0.4, -0.2) is 35.1 Å². The molecule has 38 heavy (non-hydrogen) atoms. The molecule has 1 atom stereocenters. The Morgan fingerprint density at radius 1 is 1.05 bits per heavy atom. The van der Waals surface area contributed by atoms with Crippen LogP contribution in [0.4, 0.5) is 5.69 Å². The number of aromatic amines is 1. The van der Waals surface area contributed by atoms with Crippen molar-refractivity contribution >= 4 is 39.5 Å². The van der Waals surface area contributed by atoms with Gasteiger partial charge >= 0.3 is 5.97 Å². The van der Waals surface area contributed by atoms with E-state index < -0.39 is 10.9 Å². The number of carbonyl (C=O) groups excluding carboxylic acids is 1. The normalized spacial score (nSPS) is 12.2. The standard InChI is InChI=1S/C30H25N3O5/c1-37-29-16-20(30(34)38-2)11-14-24(29)23(26-18-31-28-15-13-22(33(35)36)17-25(26)28)8-5-7-21-12-10-19-6-3-4-9-27(19)32-21/h3-7,9-18,23,31H,8H2,1-2H3/b7-5+. The Morgan fingerprint density at radius 2 is 1.89 bits per heavy atom. The van der Waals surface area contributed by atoms with Crippen molar-refractivity contribution in [3.8, 4) is 5.75 Å². The van der Waals surface area contributed by atoms with Crippen molar-refractivity contribution in [2.24, 2.45) is 0 Å². The SMILES string of the molecule is COC(=O)c1ccc(C(C/C=C/c2ccc3ccccc3n2)c2c[nH]c3ccc([N+](=O)[O-])cc23)c(OC)c1. The molecule has 0 bridgehead atoms. The van der Waals surface area contributed by atoms with Gasteiger partial charge in [-0.2, -0.15) is 0 Å². The number of nitrogens with one attached hydrogen (secondary N) is 1. The fraction of sp³-hybridized carbons (Fsp3) is 0.133. The van der Waals surface area contributed by atoms with E-state index in [2.05, 4.69) is 4.98 Å². The molecule has 5 rings (SSSR count). The Bertz CT molecular complexity index is 1690. The average molecular weight is 508 g/mol. The highest BCUT2D eigenvalue weighted by atomic mass is 16.6. The highest BCUT2D eigenvalue weighted by Gasteiger charge is 2.23. The van der Waals surface area contributed by atoms with E-state index in [1.165, 1.54) is 13.2 Å². The number of fused-ring (bicyclic) bond motifs is 2. The fourth-order valence-corrected chi connectivity index (χ4v) is 4.70. The lowest BCUT2D eigenvalue weighted by Gasteiger charge is -2.19. The molecule has 0 fully saturated rings. The minimum absolute atomic E-state index is 0.0148. The van der Waals surface area contributed by atoms with Crippen LogP contribution in [0.1, 0.15) is 39.5 Å². The third-order valence-corrected chi connectivity index (χ3v) is 6.59. The summed E-state index contributed by atoms with van der Waals surface area (Å²) in [6.45, 7) is 0. The van der Waals surface area contributed by atoms with E-state index >= 15 is 0 Å². The first-order chi connectivity index (χ1) is 18.5. The van der Waals surface area contributed by atoms with Crippen molar-refractivity contribution < 1.29 is 19.2 Å². The first-order valence-corrected chi connectivity index (χ1v) is 12.0. The Hall–Kier alpha value is -4.98. The minimum atomic E-state index is -0.462. The van der Waals surface area contributed by atoms with E-state index in [9.17, 15) is 14.9 Å². The van der Waals surface area contributed by atoms with E-state index in [4.69, 9.17) is 14.5 Å². The summed E-state index contributed by atoms with van der Waals surface area (Å²) in [7, 11) is 2.88. The third kappa shape index (κ3) is 4.84. The predicted molar refractivity (Wildman–Crippen MR) is 147 cm³/mol. The zero-order chi connectivity index (χ0) is 26.6. The minimum Gasteiger partial charge on any atom is -0.496 e. The molecule has 0 radical (unpaired) electrons. The molecule has 8 heteroatoms. The summed E-state index contributed by atoms with van der Waals surface area (Å²) in [4.78, 5) is 31.2. The number of carbonyl (C=O) groups is 1. The van der Waals surface area contributed by atoms with E-state index in [-0.39, 0.29) is 11.6 Å². The van der Waals surface area contributed by atoms with Gasteiger partial charge in [0.1, 0.15) is 5.75 Å². The zero-order valence-electron chi connectivity index (χ0n) is 20.9. The van der Waals surface area contributed by atoms with Crippen LogP contribution in [0.2, 0.25) is 0 Å². The largest absolute Gasteiger partial charge is 0.496 e. The number of nitro benzene ring substituents is 1. The van der Waals surface area contributed by atoms with Gasteiger partial charge in [0.2, 0.25) is 0 Å². The lowest BCUT2D eigenvalue weighted by Crippen LogP contribution is -2.06. The highest BCUT2D eigenvalue weighted by Crippen LogP contribution is 2.39. The Kier molecular flexibility index (Phi) is 6.86. The number of allylic oxidation sites excluding steroid dienone is 1. The number of esters is 1. The van der Waals surface area contributed by atoms with Crippen LogP contribution >= 0.6 is 0 Å². The summed E-state index contributed by atoms with van der Waals surface area (Å²) in [5, 5.41) is 13.3. The molecule has 0 saturated heterocycles. The number of rotatable bonds is 8. The monoisotopic (exact) mass is 507 g/mol. The molecule has 0 amide bonds. The van der Waals surface area contributed by atoms with Crippen LogP contribution in [0.25, 0.3) is 27.9 Å². The van der Waals surface area contributed by atoms with Gasteiger partial charge in [-0.1, -0.05) is 36.4 Å². The second kappa shape index (κ2) is 10.6. The lowest BCUT2D eigenvalue weighted by molar-refractivity contribution is -0.384. The second-order valence-corrected chi connectivity index (χ2v) is 8.80. The maximum Gasteiger partial charge on any atom is 0.337 e. The number of pyridine rings is 1. The second-order valence-electron chi connectivity index (χ2n) is 8.80. The molecule has 1 unspecified atom stereocenters. The molecule has 0 saturated carbocycles. The number of para-hydroxylation sites is 1. The number of aromatic nitrogens is 2. The molecule has 1 N–H and O–H groups in total. The van der Waals surface area contributed by atoms with Crippen molar-refractivity contribution in [1.82, 2.24) is 9.97 Å². The molecule has 2 aromatic heterocycles. The Labute approximate surface area is 218 Å².